The molecule has 0 radical (unpaired) electrons. The van der Waals surface area contributed by atoms with Gasteiger partial charge in [-0.3, -0.25) is 0 Å². The maximum atomic E-state index is 11.7. The van der Waals surface area contributed by atoms with Gasteiger partial charge in [0.2, 0.25) is 0 Å². The minimum atomic E-state index is -0.531. The van der Waals surface area contributed by atoms with Crippen LogP contribution in [0.2, 0.25) is 0 Å². The molecule has 7 nitrogen and oxygen atoms in total. The maximum absolute atomic E-state index is 11.7. The molecule has 0 aromatic heterocycles. The fourth-order valence-corrected chi connectivity index (χ4v) is 6.77. The van der Waals surface area contributed by atoms with Gasteiger partial charge in [0.25, 0.3) is 0 Å². The van der Waals surface area contributed by atoms with Gasteiger partial charge in [0.1, 0.15) is 6.10 Å². The largest absolute Gasteiger partial charge is 0.455 e. The molecule has 0 aliphatic carbocycles. The molecule has 0 aromatic rings. The van der Waals surface area contributed by atoms with Gasteiger partial charge in [-0.05, 0) is 57.9 Å². The van der Waals surface area contributed by atoms with E-state index >= 15 is 0 Å². The molecule has 4 N–H and O–H groups in total. The zero-order valence-corrected chi connectivity index (χ0v) is 28.3. The predicted molar refractivity (Wildman–Crippen MR) is 177 cm³/mol. The third kappa shape index (κ3) is 17.6. The smallest absolute Gasteiger partial charge is 0.334 e. The third-order valence-corrected chi connectivity index (χ3v) is 9.61. The number of rotatable bonds is 28. The molecule has 0 spiro atoms. The number of ether oxygens (including phenoxy) is 2. The van der Waals surface area contributed by atoms with Crippen LogP contribution in [0.1, 0.15) is 174 Å². The van der Waals surface area contributed by atoms with Crippen LogP contribution in [0.15, 0.2) is 11.6 Å². The van der Waals surface area contributed by atoms with Crippen molar-refractivity contribution in [3.63, 3.8) is 0 Å². The van der Waals surface area contributed by atoms with Gasteiger partial charge in [-0.25, -0.2) is 4.79 Å². The summed E-state index contributed by atoms with van der Waals surface area (Å²) < 4.78 is 11.1. The average molecular weight is 625 g/mol. The summed E-state index contributed by atoms with van der Waals surface area (Å²) >= 11 is 0. The van der Waals surface area contributed by atoms with E-state index in [1.165, 1.54) is 70.6 Å². The molecule has 258 valence electrons. The molecule has 7 heteroatoms. The van der Waals surface area contributed by atoms with Crippen LogP contribution in [0.3, 0.4) is 0 Å². The number of cyclic esters (lactones) is 1. The highest BCUT2D eigenvalue weighted by Crippen LogP contribution is 2.28. The van der Waals surface area contributed by atoms with Gasteiger partial charge in [0.15, 0.2) is 0 Å². The van der Waals surface area contributed by atoms with Gasteiger partial charge in [0, 0.05) is 12.0 Å². The second-order valence-electron chi connectivity index (χ2n) is 13.8. The van der Waals surface area contributed by atoms with Crippen molar-refractivity contribution in [2.45, 2.75) is 217 Å². The third-order valence-electron chi connectivity index (χ3n) is 9.61. The van der Waals surface area contributed by atoms with Crippen molar-refractivity contribution in [1.82, 2.24) is 0 Å². The van der Waals surface area contributed by atoms with Gasteiger partial charge in [-0.15, -0.1) is 0 Å². The Labute approximate surface area is 269 Å². The Kier molecular flexibility index (Phi) is 21.6. The normalized spacial score (nSPS) is 23.0. The minimum Gasteiger partial charge on any atom is -0.455 e. The molecule has 44 heavy (non-hydrogen) atoms. The van der Waals surface area contributed by atoms with Gasteiger partial charge in [-0.1, -0.05) is 116 Å². The summed E-state index contributed by atoms with van der Waals surface area (Å²) in [5.41, 5.74) is 0.576. The first-order valence-corrected chi connectivity index (χ1v) is 18.6. The van der Waals surface area contributed by atoms with Gasteiger partial charge in [-0.2, -0.15) is 0 Å². The number of carbonyl (C=O) groups is 1. The number of hydrogen-bond acceptors (Lipinski definition) is 7. The molecule has 2 aliphatic rings. The van der Waals surface area contributed by atoms with Crippen LogP contribution in [0.4, 0.5) is 0 Å². The lowest BCUT2D eigenvalue weighted by atomic mass is 9.99. The van der Waals surface area contributed by atoms with Crippen LogP contribution in [0.5, 0.6) is 0 Å². The summed E-state index contributed by atoms with van der Waals surface area (Å²) in [5.74, 6) is -0.314. The van der Waals surface area contributed by atoms with E-state index in [0.717, 1.165) is 70.6 Å². The summed E-state index contributed by atoms with van der Waals surface area (Å²) in [6.45, 7) is 4.08. The maximum Gasteiger partial charge on any atom is 0.334 e. The minimum absolute atomic E-state index is 0.148. The molecule has 1 fully saturated rings. The summed E-state index contributed by atoms with van der Waals surface area (Å²) in [7, 11) is 0. The van der Waals surface area contributed by atoms with Crippen LogP contribution in [-0.4, -0.2) is 69.1 Å². The van der Waals surface area contributed by atoms with Crippen molar-refractivity contribution < 1.29 is 34.7 Å². The van der Waals surface area contributed by atoms with Crippen LogP contribution < -0.4 is 0 Å². The first kappa shape index (κ1) is 39.2. The van der Waals surface area contributed by atoms with Crippen LogP contribution >= 0.6 is 0 Å². The summed E-state index contributed by atoms with van der Waals surface area (Å²) in [5, 5.41) is 41.8. The molecule has 2 aliphatic heterocycles. The van der Waals surface area contributed by atoms with Crippen molar-refractivity contribution in [1.29, 1.82) is 0 Å². The van der Waals surface area contributed by atoms with Crippen molar-refractivity contribution >= 4 is 5.97 Å². The number of carbonyl (C=O) groups excluding carboxylic acids is 1. The fraction of sp³-hybridized carbons (Fsp3) is 0.919. The van der Waals surface area contributed by atoms with E-state index in [4.69, 9.17) is 9.47 Å². The van der Waals surface area contributed by atoms with Gasteiger partial charge >= 0.3 is 5.97 Å². The average Bonchev–Trinajstić information content (AvgIpc) is 3.61. The lowest BCUT2D eigenvalue weighted by molar-refractivity contribution is -0.139. The Morgan fingerprint density at radius 3 is 1.55 bits per heavy atom. The molecule has 0 bridgehead atoms. The van der Waals surface area contributed by atoms with Crippen molar-refractivity contribution in [2.75, 3.05) is 0 Å². The van der Waals surface area contributed by atoms with Crippen LogP contribution in [0, 0.1) is 0 Å². The second kappa shape index (κ2) is 24.2. The summed E-state index contributed by atoms with van der Waals surface area (Å²) in [6.07, 6.45) is 25.2. The molecule has 1 unspecified atom stereocenters. The monoisotopic (exact) mass is 624 g/mol. The van der Waals surface area contributed by atoms with E-state index in [2.05, 4.69) is 6.92 Å². The first-order valence-electron chi connectivity index (χ1n) is 18.6. The Morgan fingerprint density at radius 2 is 1.05 bits per heavy atom. The van der Waals surface area contributed by atoms with Crippen molar-refractivity contribution in [2.24, 2.45) is 0 Å². The Hall–Kier alpha value is -0.990. The highest BCUT2D eigenvalue weighted by atomic mass is 16.5. The van der Waals surface area contributed by atoms with E-state index in [-0.39, 0.29) is 30.4 Å². The fourth-order valence-electron chi connectivity index (χ4n) is 6.77. The quantitative estimate of drug-likeness (QED) is 0.0518. The van der Waals surface area contributed by atoms with E-state index in [0.29, 0.717) is 24.8 Å². The second-order valence-corrected chi connectivity index (χ2v) is 13.8. The van der Waals surface area contributed by atoms with Crippen molar-refractivity contribution in [3.05, 3.63) is 11.6 Å². The van der Waals surface area contributed by atoms with Crippen LogP contribution in [-0.2, 0) is 14.3 Å². The molecule has 0 aromatic carbocycles. The molecule has 1 saturated heterocycles. The van der Waals surface area contributed by atoms with Gasteiger partial charge < -0.3 is 29.9 Å². The molecule has 0 saturated carbocycles. The molecular weight excluding hydrogens is 556 g/mol. The summed E-state index contributed by atoms with van der Waals surface area (Å²) in [6, 6.07) is 0. The van der Waals surface area contributed by atoms with Crippen molar-refractivity contribution in [3.8, 4) is 0 Å². The predicted octanol–water partition coefficient (Wildman–Crippen LogP) is 7.84. The lowest BCUT2D eigenvalue weighted by Crippen LogP contribution is -2.31. The SMILES string of the molecule is CCCCCCCCCCCCCC[C@@H](O)[C@H]1CC[C@H]([C@H](O)CCCCC(O)CCCCC[C@@H](O)CC2=C[C@H](C)OC2=O)O1. The van der Waals surface area contributed by atoms with E-state index < -0.39 is 18.3 Å². The molecule has 2 rings (SSSR count). The van der Waals surface area contributed by atoms with E-state index in [1.807, 2.05) is 6.92 Å². The number of unbranched alkanes of at least 4 members (excludes halogenated alkanes) is 14. The first-order chi connectivity index (χ1) is 21.3. The number of aliphatic hydroxyl groups excluding tert-OH is 4. The number of hydrogen-bond donors (Lipinski definition) is 4. The van der Waals surface area contributed by atoms with Crippen LogP contribution in [0.25, 0.3) is 0 Å². The Bertz CT molecular complexity index is 756. The Balaban J connectivity index is 1.40. The van der Waals surface area contributed by atoms with Gasteiger partial charge in [0.05, 0.1) is 36.6 Å². The molecular formula is C37H68O7. The zero-order valence-electron chi connectivity index (χ0n) is 28.3. The standard InChI is InChI=1S/C37H68O7/c1-3-4-5-6-7-8-9-10-11-12-13-17-23-33(40)35-25-26-36(44-35)34(41)24-19-18-21-31(38)20-15-14-16-22-32(39)28-30-27-29(2)43-37(30)42/h27,29,31-36,38-41H,3-26,28H2,1-2H3/t29-,31?,32+,33+,34+,35+,36+/m0/s1. The summed E-state index contributed by atoms with van der Waals surface area (Å²) in [4.78, 5) is 11.7. The Morgan fingerprint density at radius 1 is 0.636 bits per heavy atom. The molecule has 2 heterocycles. The number of esters is 1. The lowest BCUT2D eigenvalue weighted by Gasteiger charge is -2.22. The zero-order chi connectivity index (χ0) is 32.0. The van der Waals surface area contributed by atoms with E-state index in [1.54, 1.807) is 6.08 Å². The topological polar surface area (TPSA) is 116 Å². The molecule has 7 atom stereocenters. The van der Waals surface area contributed by atoms with E-state index in [9.17, 15) is 25.2 Å². The number of aliphatic hydroxyl groups is 4. The highest BCUT2D eigenvalue weighted by Gasteiger charge is 2.34. The highest BCUT2D eigenvalue weighted by molar-refractivity contribution is 5.90. The molecule has 0 amide bonds.